The van der Waals surface area contributed by atoms with Crippen molar-refractivity contribution in [1.29, 1.82) is 0 Å². The number of rotatable bonds is 4. The molecule has 0 spiro atoms. The second kappa shape index (κ2) is 6.93. The summed E-state index contributed by atoms with van der Waals surface area (Å²) in [6, 6.07) is 8.62. The molecule has 0 atom stereocenters. The number of alkyl halides is 1. The zero-order valence-electron chi connectivity index (χ0n) is 12.1. The predicted molar refractivity (Wildman–Crippen MR) is 93.5 cm³/mol. The summed E-state index contributed by atoms with van der Waals surface area (Å²) in [4.78, 5) is 15.1. The van der Waals surface area contributed by atoms with Crippen LogP contribution in [0.5, 0.6) is 0 Å². The van der Waals surface area contributed by atoms with Crippen molar-refractivity contribution < 1.29 is 4.79 Å². The second-order valence-corrected chi connectivity index (χ2v) is 7.33. The largest absolute Gasteiger partial charge is 0.335 e. The number of halogens is 1. The van der Waals surface area contributed by atoms with E-state index in [1.54, 1.807) is 11.3 Å². The number of hydrogen-bond donors (Lipinski definition) is 0. The van der Waals surface area contributed by atoms with Crippen molar-refractivity contribution in [3.05, 3.63) is 35.2 Å². The zero-order valence-corrected chi connectivity index (χ0v) is 14.5. The summed E-state index contributed by atoms with van der Waals surface area (Å²) in [5, 5.41) is 3.97. The van der Waals surface area contributed by atoms with E-state index in [1.165, 1.54) is 24.0 Å². The highest BCUT2D eigenvalue weighted by atomic mass is 79.9. The highest BCUT2D eigenvalue weighted by molar-refractivity contribution is 9.09. The van der Waals surface area contributed by atoms with Crippen LogP contribution in [-0.4, -0.2) is 28.7 Å². The summed E-state index contributed by atoms with van der Waals surface area (Å²) in [7, 11) is 0. The molecule has 1 aromatic carbocycles. The van der Waals surface area contributed by atoms with Crippen LogP contribution >= 0.6 is 27.3 Å². The molecule has 0 radical (unpaired) electrons. The van der Waals surface area contributed by atoms with Crippen molar-refractivity contribution in [1.82, 2.24) is 4.90 Å². The number of benzene rings is 1. The lowest BCUT2D eigenvalue weighted by Crippen LogP contribution is -2.42. The standard InChI is InChI=1S/C17H20BrNOS/c18-10-11-19(13-6-2-1-3-7-13)17(20)15-12-21-16-9-5-4-8-14(15)16/h4-5,8-9,12-13H,1-3,6-7,10-11H2. The molecule has 2 nitrogen and oxygen atoms in total. The third-order valence-electron chi connectivity index (χ3n) is 4.31. The van der Waals surface area contributed by atoms with Gasteiger partial charge in [0.1, 0.15) is 0 Å². The third-order valence-corrected chi connectivity index (χ3v) is 5.63. The lowest BCUT2D eigenvalue weighted by Gasteiger charge is -2.34. The van der Waals surface area contributed by atoms with E-state index in [9.17, 15) is 4.79 Å². The number of amides is 1. The average molecular weight is 366 g/mol. The molecule has 1 heterocycles. The Morgan fingerprint density at radius 2 is 2.00 bits per heavy atom. The van der Waals surface area contributed by atoms with E-state index in [4.69, 9.17) is 0 Å². The molecule has 0 saturated heterocycles. The molecule has 1 amide bonds. The van der Waals surface area contributed by atoms with E-state index >= 15 is 0 Å². The lowest BCUT2D eigenvalue weighted by atomic mass is 9.93. The monoisotopic (exact) mass is 365 g/mol. The van der Waals surface area contributed by atoms with Gasteiger partial charge in [-0.3, -0.25) is 4.79 Å². The van der Waals surface area contributed by atoms with E-state index in [0.29, 0.717) is 6.04 Å². The molecule has 3 rings (SSSR count). The van der Waals surface area contributed by atoms with E-state index in [-0.39, 0.29) is 5.91 Å². The molecular formula is C17H20BrNOS. The Bertz CT molecular complexity index is 618. The fourth-order valence-electron chi connectivity index (χ4n) is 3.23. The average Bonchev–Trinajstić information content (AvgIpc) is 2.97. The first-order valence-electron chi connectivity index (χ1n) is 7.64. The maximum absolute atomic E-state index is 13.0. The van der Waals surface area contributed by atoms with Crippen LogP contribution in [0.1, 0.15) is 42.5 Å². The molecular weight excluding hydrogens is 346 g/mol. The van der Waals surface area contributed by atoms with Gasteiger partial charge in [0, 0.05) is 33.4 Å². The third kappa shape index (κ3) is 3.16. The van der Waals surface area contributed by atoms with E-state index in [1.807, 2.05) is 17.5 Å². The van der Waals surface area contributed by atoms with Gasteiger partial charge in [0.05, 0.1) is 5.56 Å². The molecule has 1 aliphatic carbocycles. The minimum absolute atomic E-state index is 0.207. The molecule has 0 unspecified atom stereocenters. The van der Waals surface area contributed by atoms with Gasteiger partial charge in [-0.25, -0.2) is 0 Å². The van der Waals surface area contributed by atoms with Crippen LogP contribution in [0.25, 0.3) is 10.1 Å². The first-order chi connectivity index (χ1) is 10.3. The number of nitrogens with zero attached hydrogens (tertiary/aromatic N) is 1. The van der Waals surface area contributed by atoms with Gasteiger partial charge in [0.15, 0.2) is 0 Å². The fourth-order valence-corrected chi connectivity index (χ4v) is 4.55. The minimum Gasteiger partial charge on any atom is -0.335 e. The van der Waals surface area contributed by atoms with Crippen molar-refractivity contribution >= 4 is 43.3 Å². The molecule has 2 aromatic rings. The van der Waals surface area contributed by atoms with Crippen LogP contribution in [0.2, 0.25) is 0 Å². The molecule has 4 heteroatoms. The summed E-state index contributed by atoms with van der Waals surface area (Å²) >= 11 is 5.17. The topological polar surface area (TPSA) is 20.3 Å². The van der Waals surface area contributed by atoms with E-state index in [2.05, 4.69) is 33.0 Å². The summed E-state index contributed by atoms with van der Waals surface area (Å²) in [5.41, 5.74) is 0.877. The van der Waals surface area contributed by atoms with Crippen molar-refractivity contribution in [2.45, 2.75) is 38.1 Å². The Morgan fingerprint density at radius 1 is 1.24 bits per heavy atom. The van der Waals surface area contributed by atoms with Crippen molar-refractivity contribution in [2.24, 2.45) is 0 Å². The van der Waals surface area contributed by atoms with Gasteiger partial charge in [0.25, 0.3) is 5.91 Å². The zero-order chi connectivity index (χ0) is 14.7. The smallest absolute Gasteiger partial charge is 0.255 e. The number of thiophene rings is 1. The molecule has 1 aromatic heterocycles. The van der Waals surface area contributed by atoms with Crippen molar-refractivity contribution in [3.8, 4) is 0 Å². The van der Waals surface area contributed by atoms with Gasteiger partial charge in [-0.15, -0.1) is 11.3 Å². The number of carbonyl (C=O) groups is 1. The van der Waals surface area contributed by atoms with Gasteiger partial charge < -0.3 is 4.90 Å². The van der Waals surface area contributed by atoms with Gasteiger partial charge >= 0.3 is 0 Å². The molecule has 1 aliphatic rings. The summed E-state index contributed by atoms with van der Waals surface area (Å²) in [6.45, 7) is 0.799. The summed E-state index contributed by atoms with van der Waals surface area (Å²) < 4.78 is 1.20. The molecule has 21 heavy (non-hydrogen) atoms. The first-order valence-corrected chi connectivity index (χ1v) is 9.64. The molecule has 0 N–H and O–H groups in total. The normalized spacial score (nSPS) is 16.2. The molecule has 0 aliphatic heterocycles. The number of carbonyl (C=O) groups excluding carboxylic acids is 1. The molecule has 112 valence electrons. The van der Waals surface area contributed by atoms with E-state index < -0.39 is 0 Å². The Morgan fingerprint density at radius 3 is 2.76 bits per heavy atom. The molecule has 0 bridgehead atoms. The van der Waals surface area contributed by atoms with Crippen molar-refractivity contribution in [3.63, 3.8) is 0 Å². The quantitative estimate of drug-likeness (QED) is 0.692. The van der Waals surface area contributed by atoms with Crippen LogP contribution in [0.15, 0.2) is 29.6 Å². The van der Waals surface area contributed by atoms with Crippen LogP contribution in [0.3, 0.4) is 0 Å². The van der Waals surface area contributed by atoms with Gasteiger partial charge in [-0.05, 0) is 18.9 Å². The highest BCUT2D eigenvalue weighted by Crippen LogP contribution is 2.29. The lowest BCUT2D eigenvalue weighted by molar-refractivity contribution is 0.0653. The molecule has 1 saturated carbocycles. The van der Waals surface area contributed by atoms with Crippen LogP contribution in [0, 0.1) is 0 Å². The highest BCUT2D eigenvalue weighted by Gasteiger charge is 2.27. The first kappa shape index (κ1) is 15.0. The summed E-state index contributed by atoms with van der Waals surface area (Å²) in [6.07, 6.45) is 6.12. The van der Waals surface area contributed by atoms with Gasteiger partial charge in [0.2, 0.25) is 0 Å². The van der Waals surface area contributed by atoms with Gasteiger partial charge in [-0.1, -0.05) is 53.4 Å². The van der Waals surface area contributed by atoms with Crippen LogP contribution in [-0.2, 0) is 0 Å². The predicted octanol–water partition coefficient (Wildman–Crippen LogP) is 5.07. The second-order valence-electron chi connectivity index (χ2n) is 5.62. The van der Waals surface area contributed by atoms with Crippen molar-refractivity contribution in [2.75, 3.05) is 11.9 Å². The Hall–Kier alpha value is -0.870. The van der Waals surface area contributed by atoms with Crippen LogP contribution < -0.4 is 0 Å². The van der Waals surface area contributed by atoms with Gasteiger partial charge in [-0.2, -0.15) is 0 Å². The summed E-state index contributed by atoms with van der Waals surface area (Å²) in [5.74, 6) is 0.207. The fraction of sp³-hybridized carbons (Fsp3) is 0.471. The maximum Gasteiger partial charge on any atom is 0.255 e. The minimum atomic E-state index is 0.207. The SMILES string of the molecule is O=C(c1csc2ccccc12)N(CCBr)C1CCCCC1. The number of fused-ring (bicyclic) bond motifs is 1. The molecule has 1 fully saturated rings. The Kier molecular flexibility index (Phi) is 4.96. The Balaban J connectivity index is 1.89. The Labute approximate surface area is 138 Å². The van der Waals surface area contributed by atoms with Crippen LogP contribution in [0.4, 0.5) is 0 Å². The van der Waals surface area contributed by atoms with E-state index in [0.717, 1.165) is 35.7 Å². The number of hydrogen-bond acceptors (Lipinski definition) is 2. The maximum atomic E-state index is 13.0.